The lowest BCUT2D eigenvalue weighted by atomic mass is 10.1. The Labute approximate surface area is 170 Å². The number of nitrogens with zero attached hydrogens (tertiary/aromatic N) is 3. The van der Waals surface area contributed by atoms with Gasteiger partial charge < -0.3 is 14.4 Å². The van der Waals surface area contributed by atoms with Crippen molar-refractivity contribution in [1.29, 1.82) is 0 Å². The normalized spacial score (nSPS) is 12.5. The van der Waals surface area contributed by atoms with Gasteiger partial charge in [0.05, 0.1) is 18.4 Å². The fourth-order valence-corrected chi connectivity index (χ4v) is 3.79. The Bertz CT molecular complexity index is 1030. The number of aromatic nitrogens is 2. The first kappa shape index (κ1) is 19.1. The average molecular weight is 391 g/mol. The Kier molecular flexibility index (Phi) is 5.25. The Hall–Kier alpha value is -3.28. The Morgan fingerprint density at radius 2 is 1.90 bits per heavy atom. The van der Waals surface area contributed by atoms with Crippen LogP contribution >= 0.6 is 0 Å². The zero-order valence-corrected chi connectivity index (χ0v) is 17.0. The highest BCUT2D eigenvalue weighted by molar-refractivity contribution is 5.97. The molecule has 3 aromatic rings. The van der Waals surface area contributed by atoms with E-state index in [9.17, 15) is 4.79 Å². The lowest BCUT2D eigenvalue weighted by Gasteiger charge is -2.17. The maximum atomic E-state index is 12.6. The number of carbonyl (C=O) groups is 1. The maximum absolute atomic E-state index is 12.6. The molecule has 0 aliphatic heterocycles. The molecule has 6 nitrogen and oxygen atoms in total. The van der Waals surface area contributed by atoms with Crippen LogP contribution in [0.4, 0.5) is 0 Å². The van der Waals surface area contributed by atoms with Crippen molar-refractivity contribution < 1.29 is 14.3 Å². The molecule has 1 amide bonds. The van der Waals surface area contributed by atoms with Gasteiger partial charge in [-0.3, -0.25) is 4.79 Å². The van der Waals surface area contributed by atoms with Crippen LogP contribution in [0.2, 0.25) is 0 Å². The van der Waals surface area contributed by atoms with Gasteiger partial charge in [0.25, 0.3) is 5.91 Å². The minimum absolute atomic E-state index is 0.126. The summed E-state index contributed by atoms with van der Waals surface area (Å²) in [5.41, 5.74) is 4.95. The molecule has 2 aromatic carbocycles. The summed E-state index contributed by atoms with van der Waals surface area (Å²) in [6.45, 7) is 0.288. The second kappa shape index (κ2) is 7.99. The van der Waals surface area contributed by atoms with Gasteiger partial charge in [0.1, 0.15) is 12.3 Å². The van der Waals surface area contributed by atoms with Crippen LogP contribution in [0, 0.1) is 0 Å². The first-order valence-corrected chi connectivity index (χ1v) is 9.76. The van der Waals surface area contributed by atoms with Crippen molar-refractivity contribution in [2.45, 2.75) is 25.9 Å². The number of benzene rings is 2. The van der Waals surface area contributed by atoms with E-state index < -0.39 is 0 Å². The lowest BCUT2D eigenvalue weighted by molar-refractivity contribution is 0.0821. The number of para-hydroxylation sites is 2. The zero-order chi connectivity index (χ0) is 20.4. The summed E-state index contributed by atoms with van der Waals surface area (Å²) in [4.78, 5) is 14.1. The van der Waals surface area contributed by atoms with Gasteiger partial charge in [0, 0.05) is 25.4 Å². The van der Waals surface area contributed by atoms with Gasteiger partial charge in [0.2, 0.25) is 0 Å². The van der Waals surface area contributed by atoms with Crippen LogP contribution in [0.25, 0.3) is 5.69 Å². The molecule has 1 heterocycles. The highest BCUT2D eigenvalue weighted by atomic mass is 16.5. The molecule has 1 aliphatic carbocycles. The van der Waals surface area contributed by atoms with Gasteiger partial charge >= 0.3 is 0 Å². The zero-order valence-electron chi connectivity index (χ0n) is 17.0. The number of carbonyl (C=O) groups excluding carboxylic acids is 1. The van der Waals surface area contributed by atoms with E-state index in [0.717, 1.165) is 30.6 Å². The third kappa shape index (κ3) is 3.58. The van der Waals surface area contributed by atoms with E-state index in [4.69, 9.17) is 14.6 Å². The van der Waals surface area contributed by atoms with Crippen LogP contribution in [0.1, 0.15) is 33.7 Å². The summed E-state index contributed by atoms with van der Waals surface area (Å²) in [7, 11) is 5.02. The van der Waals surface area contributed by atoms with Crippen LogP contribution in [0.5, 0.6) is 11.5 Å². The molecule has 0 unspecified atom stereocenters. The fraction of sp³-hybridized carbons (Fsp3) is 0.304. The SMILES string of the molecule is COc1cccc(C(=O)N(C)C)c1OCc1nn(-c2ccccc2)c2c1CCC2. The van der Waals surface area contributed by atoms with Crippen molar-refractivity contribution in [1.82, 2.24) is 14.7 Å². The molecule has 1 aliphatic rings. The second-order valence-electron chi connectivity index (χ2n) is 7.30. The number of hydrogen-bond donors (Lipinski definition) is 0. The van der Waals surface area contributed by atoms with E-state index in [-0.39, 0.29) is 12.5 Å². The third-order valence-corrected chi connectivity index (χ3v) is 5.20. The van der Waals surface area contributed by atoms with Crippen molar-refractivity contribution in [3.63, 3.8) is 0 Å². The predicted octanol–water partition coefficient (Wildman–Crippen LogP) is 3.65. The largest absolute Gasteiger partial charge is 0.493 e. The minimum atomic E-state index is -0.126. The monoisotopic (exact) mass is 391 g/mol. The molecule has 0 radical (unpaired) electrons. The molecule has 0 bridgehead atoms. The molecular formula is C23H25N3O3. The second-order valence-corrected chi connectivity index (χ2v) is 7.30. The Morgan fingerprint density at radius 3 is 2.62 bits per heavy atom. The molecule has 0 saturated heterocycles. The van der Waals surface area contributed by atoms with Gasteiger partial charge in [-0.25, -0.2) is 4.68 Å². The summed E-state index contributed by atoms with van der Waals surface area (Å²) < 4.78 is 13.6. The van der Waals surface area contributed by atoms with E-state index in [2.05, 4.69) is 12.1 Å². The van der Waals surface area contributed by atoms with Crippen LogP contribution < -0.4 is 9.47 Å². The molecule has 6 heteroatoms. The number of fused-ring (bicyclic) bond motifs is 1. The average Bonchev–Trinajstić information content (AvgIpc) is 3.35. The van der Waals surface area contributed by atoms with Crippen molar-refractivity contribution in [3.05, 3.63) is 71.0 Å². The van der Waals surface area contributed by atoms with E-state index in [1.165, 1.54) is 16.2 Å². The standard InChI is InChI=1S/C23H25N3O3/c1-25(2)23(27)18-12-8-14-21(28-3)22(18)29-15-19-17-11-7-13-20(17)26(24-19)16-9-5-4-6-10-16/h4-6,8-10,12,14H,7,11,13,15H2,1-3H3. The molecule has 29 heavy (non-hydrogen) atoms. The lowest BCUT2D eigenvalue weighted by Crippen LogP contribution is -2.22. The smallest absolute Gasteiger partial charge is 0.257 e. The van der Waals surface area contributed by atoms with Gasteiger partial charge in [-0.2, -0.15) is 5.10 Å². The number of methoxy groups -OCH3 is 1. The quantitative estimate of drug-likeness (QED) is 0.644. The summed E-state index contributed by atoms with van der Waals surface area (Å²) in [6.07, 6.45) is 3.12. The Balaban J connectivity index is 1.67. The predicted molar refractivity (Wildman–Crippen MR) is 111 cm³/mol. The van der Waals surface area contributed by atoms with Crippen LogP contribution in [-0.2, 0) is 19.4 Å². The highest BCUT2D eigenvalue weighted by Crippen LogP contribution is 2.34. The number of rotatable bonds is 6. The number of hydrogen-bond acceptors (Lipinski definition) is 4. The van der Waals surface area contributed by atoms with Crippen molar-refractivity contribution in [2.24, 2.45) is 0 Å². The third-order valence-electron chi connectivity index (χ3n) is 5.20. The van der Waals surface area contributed by atoms with Gasteiger partial charge in [-0.15, -0.1) is 0 Å². The van der Waals surface area contributed by atoms with E-state index in [1.807, 2.05) is 22.9 Å². The molecule has 0 N–H and O–H groups in total. The topological polar surface area (TPSA) is 56.6 Å². The van der Waals surface area contributed by atoms with Crippen LogP contribution in [-0.4, -0.2) is 41.8 Å². The molecule has 1 aromatic heterocycles. The maximum Gasteiger partial charge on any atom is 0.257 e. The number of amides is 1. The highest BCUT2D eigenvalue weighted by Gasteiger charge is 2.25. The van der Waals surface area contributed by atoms with Gasteiger partial charge in [-0.1, -0.05) is 24.3 Å². The molecular weight excluding hydrogens is 366 g/mol. The fourth-order valence-electron chi connectivity index (χ4n) is 3.79. The summed E-state index contributed by atoms with van der Waals surface area (Å²) in [5.74, 6) is 0.866. The molecule has 0 fully saturated rings. The van der Waals surface area contributed by atoms with E-state index in [0.29, 0.717) is 17.1 Å². The Morgan fingerprint density at radius 1 is 1.10 bits per heavy atom. The molecule has 150 valence electrons. The van der Waals surface area contributed by atoms with Crippen molar-refractivity contribution in [3.8, 4) is 17.2 Å². The van der Waals surface area contributed by atoms with Gasteiger partial charge in [0.15, 0.2) is 11.5 Å². The summed E-state index contributed by atoms with van der Waals surface area (Å²) >= 11 is 0. The number of ether oxygens (including phenoxy) is 2. The molecule has 0 spiro atoms. The first-order valence-electron chi connectivity index (χ1n) is 9.76. The summed E-state index contributed by atoms with van der Waals surface area (Å²) in [6, 6.07) is 15.5. The minimum Gasteiger partial charge on any atom is -0.493 e. The van der Waals surface area contributed by atoms with Crippen molar-refractivity contribution >= 4 is 5.91 Å². The summed E-state index contributed by atoms with van der Waals surface area (Å²) in [5, 5.41) is 4.84. The van der Waals surface area contributed by atoms with Gasteiger partial charge in [-0.05, 0) is 43.5 Å². The molecule has 4 rings (SSSR count). The van der Waals surface area contributed by atoms with E-state index >= 15 is 0 Å². The molecule has 0 saturated carbocycles. The molecule has 0 atom stereocenters. The first-order chi connectivity index (χ1) is 14.1. The van der Waals surface area contributed by atoms with Crippen LogP contribution in [0.3, 0.4) is 0 Å². The van der Waals surface area contributed by atoms with Crippen LogP contribution in [0.15, 0.2) is 48.5 Å². The van der Waals surface area contributed by atoms with Crippen molar-refractivity contribution in [2.75, 3.05) is 21.2 Å². The van der Waals surface area contributed by atoms with E-state index in [1.54, 1.807) is 39.4 Å².